The third kappa shape index (κ3) is 4.04. The molecule has 0 atom stereocenters. The number of hydrogen-bond donors (Lipinski definition) is 1. The highest BCUT2D eigenvalue weighted by molar-refractivity contribution is 6.30. The SMILES string of the molecule is O=C(O)CCc1ccc(-c2ccc(Cl)cc2)n1CCOC12CC3CC(CC(C3)C1)C2. The number of carbonyl (C=O) groups is 1. The zero-order chi connectivity index (χ0) is 20.7. The molecule has 2 aromatic rings. The van der Waals surface area contributed by atoms with Crippen molar-refractivity contribution in [2.75, 3.05) is 6.61 Å². The molecule has 4 aliphatic rings. The lowest BCUT2D eigenvalue weighted by Gasteiger charge is -2.56. The molecule has 1 aromatic carbocycles. The van der Waals surface area contributed by atoms with Gasteiger partial charge in [0.05, 0.1) is 18.6 Å². The number of aromatic nitrogens is 1. The third-order valence-electron chi connectivity index (χ3n) is 7.51. The average molecular weight is 428 g/mol. The van der Waals surface area contributed by atoms with Crippen molar-refractivity contribution in [3.63, 3.8) is 0 Å². The van der Waals surface area contributed by atoms with Crippen LogP contribution >= 0.6 is 11.6 Å². The minimum absolute atomic E-state index is 0.101. The van der Waals surface area contributed by atoms with E-state index in [1.54, 1.807) is 0 Å². The maximum Gasteiger partial charge on any atom is 0.303 e. The number of ether oxygens (including phenoxy) is 1. The van der Waals surface area contributed by atoms with E-state index in [0.29, 0.717) is 18.1 Å². The van der Waals surface area contributed by atoms with E-state index in [0.717, 1.165) is 41.2 Å². The summed E-state index contributed by atoms with van der Waals surface area (Å²) in [6.07, 6.45) is 8.63. The van der Waals surface area contributed by atoms with Crippen molar-refractivity contribution in [1.82, 2.24) is 4.57 Å². The van der Waals surface area contributed by atoms with Crippen LogP contribution in [0, 0.1) is 17.8 Å². The fourth-order valence-electron chi connectivity index (χ4n) is 6.66. The van der Waals surface area contributed by atoms with Gasteiger partial charge in [-0.15, -0.1) is 0 Å². The number of benzene rings is 1. The van der Waals surface area contributed by atoms with Crippen molar-refractivity contribution in [2.45, 2.75) is 63.5 Å². The van der Waals surface area contributed by atoms with Crippen LogP contribution < -0.4 is 0 Å². The quantitative estimate of drug-likeness (QED) is 0.578. The second-order valence-corrected chi connectivity index (χ2v) is 10.1. The summed E-state index contributed by atoms with van der Waals surface area (Å²) < 4.78 is 8.89. The molecule has 0 saturated heterocycles. The lowest BCUT2D eigenvalue weighted by atomic mass is 9.54. The molecule has 1 aromatic heterocycles. The Labute approximate surface area is 183 Å². The van der Waals surface area contributed by atoms with Crippen LogP contribution in [0.5, 0.6) is 0 Å². The normalized spacial score (nSPS) is 29.4. The first-order valence-electron chi connectivity index (χ1n) is 11.3. The van der Waals surface area contributed by atoms with Gasteiger partial charge in [-0.05, 0) is 92.5 Å². The Bertz CT molecular complexity index is 882. The predicted octanol–water partition coefficient (Wildman–Crippen LogP) is 5.81. The molecule has 4 aliphatic carbocycles. The number of aryl methyl sites for hydroxylation is 1. The van der Waals surface area contributed by atoms with Gasteiger partial charge >= 0.3 is 5.97 Å². The Hall–Kier alpha value is -1.78. The molecular formula is C25H30ClNO3. The van der Waals surface area contributed by atoms with Gasteiger partial charge in [-0.25, -0.2) is 0 Å². The Morgan fingerprint density at radius 3 is 2.27 bits per heavy atom. The monoisotopic (exact) mass is 427 g/mol. The molecule has 6 rings (SSSR count). The summed E-state index contributed by atoms with van der Waals surface area (Å²) in [5.41, 5.74) is 3.34. The van der Waals surface area contributed by atoms with E-state index < -0.39 is 5.97 Å². The highest BCUT2D eigenvalue weighted by Crippen LogP contribution is 2.57. The second kappa shape index (κ2) is 8.05. The topological polar surface area (TPSA) is 51.5 Å². The number of aliphatic carboxylic acids is 1. The van der Waals surface area contributed by atoms with Gasteiger partial charge in [0.25, 0.3) is 0 Å². The fraction of sp³-hybridized carbons (Fsp3) is 0.560. The van der Waals surface area contributed by atoms with Crippen molar-refractivity contribution in [2.24, 2.45) is 17.8 Å². The molecule has 1 N–H and O–H groups in total. The molecular weight excluding hydrogens is 398 g/mol. The van der Waals surface area contributed by atoms with Crippen LogP contribution in [0.15, 0.2) is 36.4 Å². The van der Waals surface area contributed by atoms with Gasteiger partial charge in [0, 0.05) is 23.0 Å². The highest BCUT2D eigenvalue weighted by Gasteiger charge is 2.51. The first-order chi connectivity index (χ1) is 14.5. The van der Waals surface area contributed by atoms with Crippen LogP contribution in [0.1, 0.15) is 50.6 Å². The van der Waals surface area contributed by atoms with Crippen molar-refractivity contribution in [3.8, 4) is 11.3 Å². The number of carboxylic acid groups (broad SMARTS) is 1. The molecule has 30 heavy (non-hydrogen) atoms. The first kappa shape index (κ1) is 20.1. The average Bonchev–Trinajstić information content (AvgIpc) is 3.08. The van der Waals surface area contributed by atoms with Gasteiger partial charge in [0.1, 0.15) is 0 Å². The van der Waals surface area contributed by atoms with E-state index in [1.165, 1.54) is 38.5 Å². The standard InChI is InChI=1S/C25H30ClNO3/c26-21-3-1-20(2-4-21)23-7-5-22(6-8-24(28)29)27(23)9-10-30-25-14-17-11-18(15-25)13-19(12-17)16-25/h1-5,7,17-19H,6,8-16H2,(H,28,29). The molecule has 4 nitrogen and oxygen atoms in total. The van der Waals surface area contributed by atoms with Crippen molar-refractivity contribution in [1.29, 1.82) is 0 Å². The molecule has 0 unspecified atom stereocenters. The number of nitrogens with zero attached hydrogens (tertiary/aromatic N) is 1. The summed E-state index contributed by atoms with van der Waals surface area (Å²) >= 11 is 6.07. The molecule has 0 amide bonds. The zero-order valence-corrected chi connectivity index (χ0v) is 18.1. The number of carboxylic acids is 1. The van der Waals surface area contributed by atoms with E-state index >= 15 is 0 Å². The van der Waals surface area contributed by atoms with Gasteiger partial charge < -0.3 is 14.4 Å². The van der Waals surface area contributed by atoms with Crippen LogP contribution in [0.4, 0.5) is 0 Å². The molecule has 4 bridgehead atoms. The first-order valence-corrected chi connectivity index (χ1v) is 11.7. The van der Waals surface area contributed by atoms with Crippen LogP contribution in [0.2, 0.25) is 5.02 Å². The maximum absolute atomic E-state index is 11.1. The van der Waals surface area contributed by atoms with Crippen molar-refractivity contribution >= 4 is 17.6 Å². The summed E-state index contributed by atoms with van der Waals surface area (Å²) in [5.74, 6) is 1.86. The van der Waals surface area contributed by atoms with Gasteiger partial charge in [0.15, 0.2) is 0 Å². The third-order valence-corrected chi connectivity index (χ3v) is 7.76. The summed E-state index contributed by atoms with van der Waals surface area (Å²) in [7, 11) is 0. The van der Waals surface area contributed by atoms with Gasteiger partial charge in [-0.1, -0.05) is 23.7 Å². The molecule has 5 heteroatoms. The molecule has 1 heterocycles. The zero-order valence-electron chi connectivity index (χ0n) is 17.4. The molecule has 4 fully saturated rings. The number of halogens is 1. The van der Waals surface area contributed by atoms with E-state index in [1.807, 2.05) is 24.3 Å². The summed E-state index contributed by atoms with van der Waals surface area (Å²) in [4.78, 5) is 11.1. The number of hydrogen-bond acceptors (Lipinski definition) is 2. The lowest BCUT2D eigenvalue weighted by molar-refractivity contribution is -0.163. The largest absolute Gasteiger partial charge is 0.481 e. The Morgan fingerprint density at radius 1 is 1.03 bits per heavy atom. The molecule has 4 saturated carbocycles. The van der Waals surface area contributed by atoms with E-state index in [-0.39, 0.29) is 12.0 Å². The van der Waals surface area contributed by atoms with Crippen molar-refractivity contribution < 1.29 is 14.6 Å². The maximum atomic E-state index is 11.1. The Morgan fingerprint density at radius 2 is 1.67 bits per heavy atom. The summed E-state index contributed by atoms with van der Waals surface area (Å²) in [6, 6.07) is 12.0. The van der Waals surface area contributed by atoms with Crippen LogP contribution in [0.3, 0.4) is 0 Å². The predicted molar refractivity (Wildman–Crippen MR) is 118 cm³/mol. The molecule has 0 spiro atoms. The van der Waals surface area contributed by atoms with Gasteiger partial charge in [-0.2, -0.15) is 0 Å². The van der Waals surface area contributed by atoms with Crippen LogP contribution in [0.25, 0.3) is 11.3 Å². The summed E-state index contributed by atoms with van der Waals surface area (Å²) in [5, 5.41) is 9.86. The van der Waals surface area contributed by atoms with Gasteiger partial charge in [-0.3, -0.25) is 4.79 Å². The minimum atomic E-state index is -0.763. The minimum Gasteiger partial charge on any atom is -0.481 e. The number of rotatable bonds is 8. The van der Waals surface area contributed by atoms with E-state index in [4.69, 9.17) is 21.4 Å². The molecule has 0 aliphatic heterocycles. The fourth-order valence-corrected chi connectivity index (χ4v) is 6.79. The highest BCUT2D eigenvalue weighted by atomic mass is 35.5. The summed E-state index contributed by atoms with van der Waals surface area (Å²) in [6.45, 7) is 1.43. The Kier molecular flexibility index (Phi) is 5.40. The van der Waals surface area contributed by atoms with E-state index in [9.17, 15) is 4.79 Å². The lowest BCUT2D eigenvalue weighted by Crippen LogP contribution is -2.52. The molecule has 160 valence electrons. The van der Waals surface area contributed by atoms with Crippen LogP contribution in [-0.4, -0.2) is 27.9 Å². The smallest absolute Gasteiger partial charge is 0.303 e. The van der Waals surface area contributed by atoms with Gasteiger partial charge in [0.2, 0.25) is 0 Å². The van der Waals surface area contributed by atoms with Crippen molar-refractivity contribution in [3.05, 3.63) is 47.1 Å². The van der Waals surface area contributed by atoms with E-state index in [2.05, 4.69) is 16.7 Å². The second-order valence-electron chi connectivity index (χ2n) is 9.71. The molecule has 0 radical (unpaired) electrons. The van der Waals surface area contributed by atoms with Crippen LogP contribution in [-0.2, 0) is 22.5 Å². The Balaban J connectivity index is 1.32.